The lowest BCUT2D eigenvalue weighted by molar-refractivity contribution is 0.297. The number of rotatable bonds is 3. The van der Waals surface area contributed by atoms with Crippen molar-refractivity contribution in [1.29, 1.82) is 0 Å². The molecule has 0 saturated carbocycles. The summed E-state index contributed by atoms with van der Waals surface area (Å²) < 4.78 is 11.3. The van der Waals surface area contributed by atoms with Gasteiger partial charge in [-0.2, -0.15) is 0 Å². The van der Waals surface area contributed by atoms with Gasteiger partial charge in [0.25, 0.3) is 0 Å². The molecule has 3 nitrogen and oxygen atoms in total. The third-order valence-electron chi connectivity index (χ3n) is 3.41. The zero-order valence-corrected chi connectivity index (χ0v) is 10.6. The molecule has 2 atom stereocenters. The van der Waals surface area contributed by atoms with Gasteiger partial charge in [-0.15, -0.1) is 0 Å². The van der Waals surface area contributed by atoms with Crippen molar-refractivity contribution in [2.45, 2.75) is 32.7 Å². The predicted octanol–water partition coefficient (Wildman–Crippen LogP) is 2.89. The van der Waals surface area contributed by atoms with Crippen molar-refractivity contribution in [3.63, 3.8) is 0 Å². The first-order valence-corrected chi connectivity index (χ1v) is 6.37. The molecule has 3 heteroatoms. The van der Waals surface area contributed by atoms with Gasteiger partial charge in [0.1, 0.15) is 0 Å². The lowest BCUT2D eigenvalue weighted by Gasteiger charge is -2.20. The Kier molecular flexibility index (Phi) is 3.89. The van der Waals surface area contributed by atoms with Gasteiger partial charge in [0, 0.05) is 12.5 Å². The van der Waals surface area contributed by atoms with Gasteiger partial charge in [0.05, 0.1) is 13.2 Å². The number of ether oxygens (including phenoxy) is 2. The fourth-order valence-electron chi connectivity index (χ4n) is 1.97. The Hall–Kier alpha value is -1.22. The van der Waals surface area contributed by atoms with E-state index in [0.29, 0.717) is 5.92 Å². The summed E-state index contributed by atoms with van der Waals surface area (Å²) in [6, 6.07) is 6.11. The van der Waals surface area contributed by atoms with Gasteiger partial charge in [-0.3, -0.25) is 0 Å². The van der Waals surface area contributed by atoms with E-state index in [1.165, 1.54) is 0 Å². The summed E-state index contributed by atoms with van der Waals surface area (Å²) in [4.78, 5) is 0. The molecule has 0 radical (unpaired) electrons. The number of hydrogen-bond donors (Lipinski definition) is 1. The molecule has 0 saturated heterocycles. The number of benzene rings is 1. The molecule has 1 aliphatic heterocycles. The molecule has 1 aromatic carbocycles. The fraction of sp³-hybridized carbons (Fsp3) is 0.571. The maximum Gasteiger partial charge on any atom is 0.161 e. The van der Waals surface area contributed by atoms with Crippen LogP contribution in [0, 0.1) is 5.92 Å². The maximum atomic E-state index is 6.22. The first-order chi connectivity index (χ1) is 8.22. The second kappa shape index (κ2) is 5.41. The minimum absolute atomic E-state index is 0.0668. The SMILES string of the molecule is CC[C@@H](C)[C@H](N)c1ccc2c(c1)OCCCO2. The van der Waals surface area contributed by atoms with E-state index in [1.54, 1.807) is 0 Å². The van der Waals surface area contributed by atoms with Gasteiger partial charge >= 0.3 is 0 Å². The maximum absolute atomic E-state index is 6.22. The highest BCUT2D eigenvalue weighted by Crippen LogP contribution is 2.33. The van der Waals surface area contributed by atoms with Crippen LogP contribution in [-0.4, -0.2) is 13.2 Å². The van der Waals surface area contributed by atoms with E-state index in [-0.39, 0.29) is 6.04 Å². The summed E-state index contributed by atoms with van der Waals surface area (Å²) >= 11 is 0. The molecule has 0 aromatic heterocycles. The van der Waals surface area contributed by atoms with Gasteiger partial charge in [-0.25, -0.2) is 0 Å². The molecular weight excluding hydrogens is 214 g/mol. The van der Waals surface area contributed by atoms with Crippen LogP contribution in [0.2, 0.25) is 0 Å². The fourth-order valence-corrected chi connectivity index (χ4v) is 1.97. The van der Waals surface area contributed by atoms with Gasteiger partial charge in [0.2, 0.25) is 0 Å². The van der Waals surface area contributed by atoms with E-state index in [4.69, 9.17) is 15.2 Å². The van der Waals surface area contributed by atoms with E-state index in [0.717, 1.165) is 43.1 Å². The molecule has 2 rings (SSSR count). The van der Waals surface area contributed by atoms with Crippen molar-refractivity contribution in [2.75, 3.05) is 13.2 Å². The van der Waals surface area contributed by atoms with E-state index in [1.807, 2.05) is 18.2 Å². The van der Waals surface area contributed by atoms with E-state index in [2.05, 4.69) is 13.8 Å². The van der Waals surface area contributed by atoms with Crippen LogP contribution in [0.25, 0.3) is 0 Å². The Labute approximate surface area is 103 Å². The molecule has 0 spiro atoms. The zero-order chi connectivity index (χ0) is 12.3. The van der Waals surface area contributed by atoms with Crippen LogP contribution < -0.4 is 15.2 Å². The molecule has 0 bridgehead atoms. The Morgan fingerprint density at radius 1 is 1.24 bits per heavy atom. The monoisotopic (exact) mass is 235 g/mol. The van der Waals surface area contributed by atoms with Crippen molar-refractivity contribution in [2.24, 2.45) is 11.7 Å². The molecule has 1 aromatic rings. The molecule has 0 fully saturated rings. The molecule has 1 heterocycles. The number of nitrogens with two attached hydrogens (primary N) is 1. The average Bonchev–Trinajstić information content (AvgIpc) is 2.61. The van der Waals surface area contributed by atoms with Gasteiger partial charge in [-0.05, 0) is 23.6 Å². The van der Waals surface area contributed by atoms with Crippen LogP contribution in [0.1, 0.15) is 38.3 Å². The van der Waals surface area contributed by atoms with Crippen LogP contribution >= 0.6 is 0 Å². The van der Waals surface area contributed by atoms with Crippen molar-refractivity contribution in [3.05, 3.63) is 23.8 Å². The van der Waals surface area contributed by atoms with E-state index >= 15 is 0 Å². The van der Waals surface area contributed by atoms with Crippen LogP contribution in [0.3, 0.4) is 0 Å². The van der Waals surface area contributed by atoms with Gasteiger partial charge in [-0.1, -0.05) is 26.3 Å². The first kappa shape index (κ1) is 12.2. The first-order valence-electron chi connectivity index (χ1n) is 6.37. The molecule has 0 amide bonds. The van der Waals surface area contributed by atoms with E-state index < -0.39 is 0 Å². The summed E-state index contributed by atoms with van der Waals surface area (Å²) in [6.45, 7) is 5.78. The summed E-state index contributed by atoms with van der Waals surface area (Å²) in [5.41, 5.74) is 7.35. The molecule has 0 unspecified atom stereocenters. The molecule has 2 N–H and O–H groups in total. The van der Waals surface area contributed by atoms with Gasteiger partial charge in [0.15, 0.2) is 11.5 Å². The Morgan fingerprint density at radius 2 is 1.94 bits per heavy atom. The second-order valence-electron chi connectivity index (χ2n) is 4.67. The van der Waals surface area contributed by atoms with Gasteiger partial charge < -0.3 is 15.2 Å². The van der Waals surface area contributed by atoms with Crippen LogP contribution in [0.5, 0.6) is 11.5 Å². The molecule has 94 valence electrons. The van der Waals surface area contributed by atoms with E-state index in [9.17, 15) is 0 Å². The molecule has 0 aliphatic carbocycles. The highest BCUT2D eigenvalue weighted by Gasteiger charge is 2.17. The summed E-state index contributed by atoms with van der Waals surface area (Å²) in [5, 5.41) is 0. The largest absolute Gasteiger partial charge is 0.490 e. The highest BCUT2D eigenvalue weighted by molar-refractivity contribution is 5.44. The van der Waals surface area contributed by atoms with Crippen LogP contribution in [0.15, 0.2) is 18.2 Å². The topological polar surface area (TPSA) is 44.5 Å². The lowest BCUT2D eigenvalue weighted by atomic mass is 9.93. The number of fused-ring (bicyclic) bond motifs is 1. The molecule has 1 aliphatic rings. The normalized spacial score (nSPS) is 18.3. The van der Waals surface area contributed by atoms with Crippen molar-refractivity contribution >= 4 is 0 Å². The summed E-state index contributed by atoms with van der Waals surface area (Å²) in [6.07, 6.45) is 2.01. The van der Waals surface area contributed by atoms with Crippen molar-refractivity contribution < 1.29 is 9.47 Å². The smallest absolute Gasteiger partial charge is 0.161 e. The standard InChI is InChI=1S/C14H21NO2/c1-3-10(2)14(15)11-5-6-12-13(9-11)17-8-4-7-16-12/h5-6,9-10,14H,3-4,7-8,15H2,1-2H3/t10-,14+/m1/s1. The second-order valence-corrected chi connectivity index (χ2v) is 4.67. The summed E-state index contributed by atoms with van der Waals surface area (Å²) in [5.74, 6) is 2.14. The third-order valence-corrected chi connectivity index (χ3v) is 3.41. The Bertz CT molecular complexity index is 378. The van der Waals surface area contributed by atoms with Crippen LogP contribution in [-0.2, 0) is 0 Å². The Balaban J connectivity index is 2.23. The van der Waals surface area contributed by atoms with Crippen molar-refractivity contribution in [3.8, 4) is 11.5 Å². The minimum Gasteiger partial charge on any atom is -0.490 e. The van der Waals surface area contributed by atoms with Crippen LogP contribution in [0.4, 0.5) is 0 Å². The molecule has 17 heavy (non-hydrogen) atoms. The zero-order valence-electron chi connectivity index (χ0n) is 10.6. The average molecular weight is 235 g/mol. The minimum atomic E-state index is 0.0668. The highest BCUT2D eigenvalue weighted by atomic mass is 16.5. The molecular formula is C14H21NO2. The predicted molar refractivity (Wildman–Crippen MR) is 68.4 cm³/mol. The Morgan fingerprint density at radius 3 is 2.65 bits per heavy atom. The third kappa shape index (κ3) is 2.72. The summed E-state index contributed by atoms with van der Waals surface area (Å²) in [7, 11) is 0. The quantitative estimate of drug-likeness (QED) is 0.876. The van der Waals surface area contributed by atoms with Crippen molar-refractivity contribution in [1.82, 2.24) is 0 Å². The lowest BCUT2D eigenvalue weighted by Crippen LogP contribution is -2.18. The number of hydrogen-bond acceptors (Lipinski definition) is 3.